The second kappa shape index (κ2) is 10.4. The van der Waals surface area contributed by atoms with Crippen LogP contribution in [0.2, 0.25) is 0 Å². The number of para-hydroxylation sites is 1. The molecule has 0 saturated heterocycles. The van der Waals surface area contributed by atoms with Crippen LogP contribution in [0, 0.1) is 0 Å². The Balaban J connectivity index is 1.66. The van der Waals surface area contributed by atoms with Crippen molar-refractivity contribution in [3.8, 4) is 5.75 Å². The average molecular weight is 462 g/mol. The number of alkyl halides is 3. The molecule has 6 nitrogen and oxygen atoms in total. The number of carbonyl (C=O) groups is 1. The third-order valence-corrected chi connectivity index (χ3v) is 5.25. The average Bonchev–Trinajstić information content (AvgIpc) is 3.15. The van der Waals surface area contributed by atoms with Gasteiger partial charge in [-0.25, -0.2) is 0 Å². The van der Waals surface area contributed by atoms with Crippen molar-refractivity contribution < 1.29 is 22.7 Å². The normalized spacial score (nSPS) is 12.2. The number of ether oxygens (including phenoxy) is 1. The summed E-state index contributed by atoms with van der Waals surface area (Å²) in [4.78, 5) is 12.3. The SMILES string of the molecule is C=CCn1c(SCC(=O)Nc2cccc(C(F)(F)F)c2)nnc1[C@H](C)Oc1ccccc1. The first-order chi connectivity index (χ1) is 15.3. The second-order valence-electron chi connectivity index (χ2n) is 6.73. The second-order valence-corrected chi connectivity index (χ2v) is 7.67. The number of anilines is 1. The van der Waals surface area contributed by atoms with Gasteiger partial charge in [-0.2, -0.15) is 13.2 Å². The quantitative estimate of drug-likeness (QED) is 0.343. The van der Waals surface area contributed by atoms with Gasteiger partial charge in [-0.1, -0.05) is 42.1 Å². The Morgan fingerprint density at radius 1 is 1.22 bits per heavy atom. The number of nitrogens with one attached hydrogen (secondary N) is 1. The van der Waals surface area contributed by atoms with Gasteiger partial charge in [0.1, 0.15) is 5.75 Å². The van der Waals surface area contributed by atoms with Gasteiger partial charge in [-0.15, -0.1) is 16.8 Å². The fourth-order valence-corrected chi connectivity index (χ4v) is 3.62. The van der Waals surface area contributed by atoms with E-state index in [4.69, 9.17) is 4.74 Å². The van der Waals surface area contributed by atoms with Gasteiger partial charge in [0, 0.05) is 12.2 Å². The molecule has 10 heteroatoms. The number of hydrogen-bond acceptors (Lipinski definition) is 5. The van der Waals surface area contributed by atoms with E-state index in [1.807, 2.05) is 37.3 Å². The molecule has 0 radical (unpaired) electrons. The van der Waals surface area contributed by atoms with E-state index in [0.717, 1.165) is 23.9 Å². The highest BCUT2D eigenvalue weighted by atomic mass is 32.2. The van der Waals surface area contributed by atoms with Crippen LogP contribution in [-0.2, 0) is 17.5 Å². The summed E-state index contributed by atoms with van der Waals surface area (Å²) in [5.41, 5.74) is -0.755. The Morgan fingerprint density at radius 3 is 2.66 bits per heavy atom. The van der Waals surface area contributed by atoms with Gasteiger partial charge >= 0.3 is 6.18 Å². The van der Waals surface area contributed by atoms with Gasteiger partial charge in [-0.05, 0) is 37.3 Å². The van der Waals surface area contributed by atoms with Gasteiger partial charge in [0.2, 0.25) is 5.91 Å². The predicted octanol–water partition coefficient (Wildman–Crippen LogP) is 5.35. The molecule has 1 amide bonds. The van der Waals surface area contributed by atoms with Crippen LogP contribution in [0.25, 0.3) is 0 Å². The fourth-order valence-electron chi connectivity index (χ4n) is 2.86. The van der Waals surface area contributed by atoms with E-state index in [-0.39, 0.29) is 11.4 Å². The zero-order valence-electron chi connectivity index (χ0n) is 17.2. The van der Waals surface area contributed by atoms with E-state index in [0.29, 0.717) is 23.3 Å². The molecular weight excluding hydrogens is 441 g/mol. The summed E-state index contributed by atoms with van der Waals surface area (Å²) >= 11 is 1.12. The molecule has 0 spiro atoms. The van der Waals surface area contributed by atoms with E-state index >= 15 is 0 Å². The number of carbonyl (C=O) groups excluding carboxylic acids is 1. The zero-order chi connectivity index (χ0) is 23.1. The molecule has 32 heavy (non-hydrogen) atoms. The summed E-state index contributed by atoms with van der Waals surface area (Å²) < 4.78 is 46.2. The Hall–Kier alpha value is -3.27. The standard InChI is InChI=1S/C22H21F3N4O2S/c1-3-12-29-20(15(2)31-18-10-5-4-6-11-18)27-28-21(29)32-14-19(30)26-17-9-7-8-16(13-17)22(23,24)25/h3-11,13,15H,1,12,14H2,2H3,(H,26,30)/t15-/m0/s1. The molecule has 0 aliphatic heterocycles. The molecule has 3 rings (SSSR count). The lowest BCUT2D eigenvalue weighted by molar-refractivity contribution is -0.137. The van der Waals surface area contributed by atoms with Crippen molar-refractivity contribution >= 4 is 23.4 Å². The Labute approximate surface area is 187 Å². The number of allylic oxidation sites excluding steroid dienone is 1. The Bertz CT molecular complexity index is 1070. The van der Waals surface area contributed by atoms with Crippen LogP contribution in [0.4, 0.5) is 18.9 Å². The molecule has 0 aliphatic carbocycles. The van der Waals surface area contributed by atoms with Gasteiger partial charge in [0.05, 0.1) is 11.3 Å². The smallest absolute Gasteiger partial charge is 0.416 e. The lowest BCUT2D eigenvalue weighted by Gasteiger charge is -2.15. The highest BCUT2D eigenvalue weighted by Gasteiger charge is 2.30. The third-order valence-electron chi connectivity index (χ3n) is 4.28. The van der Waals surface area contributed by atoms with Crippen LogP contribution < -0.4 is 10.1 Å². The van der Waals surface area contributed by atoms with Crippen molar-refractivity contribution in [2.45, 2.75) is 30.9 Å². The number of aromatic nitrogens is 3. The summed E-state index contributed by atoms with van der Waals surface area (Å²) in [6.45, 7) is 5.99. The van der Waals surface area contributed by atoms with Crippen molar-refractivity contribution in [2.75, 3.05) is 11.1 Å². The minimum absolute atomic E-state index is 0.0561. The number of amides is 1. The summed E-state index contributed by atoms with van der Waals surface area (Å²) in [6.07, 6.45) is -3.21. The van der Waals surface area contributed by atoms with Gasteiger partial charge in [-0.3, -0.25) is 9.36 Å². The Morgan fingerprint density at radius 2 is 1.97 bits per heavy atom. The molecule has 2 aromatic carbocycles. The van der Waals surface area contributed by atoms with Gasteiger partial charge in [0.15, 0.2) is 17.1 Å². The molecular formula is C22H21F3N4O2S. The van der Waals surface area contributed by atoms with E-state index < -0.39 is 23.8 Å². The summed E-state index contributed by atoms with van der Waals surface area (Å²) in [5, 5.41) is 11.3. The number of nitrogens with zero attached hydrogens (tertiary/aromatic N) is 3. The van der Waals surface area contributed by atoms with E-state index in [2.05, 4.69) is 22.1 Å². The maximum Gasteiger partial charge on any atom is 0.416 e. The number of rotatable bonds is 9. The molecule has 168 valence electrons. The van der Waals surface area contributed by atoms with E-state index in [1.54, 1.807) is 10.6 Å². The van der Waals surface area contributed by atoms with Crippen LogP contribution in [0.3, 0.4) is 0 Å². The summed E-state index contributed by atoms with van der Waals surface area (Å²) in [7, 11) is 0. The number of thioether (sulfide) groups is 1. The molecule has 0 unspecified atom stereocenters. The topological polar surface area (TPSA) is 69.0 Å². The largest absolute Gasteiger partial charge is 0.483 e. The maximum absolute atomic E-state index is 12.8. The fraction of sp³-hybridized carbons (Fsp3) is 0.227. The molecule has 1 heterocycles. The van der Waals surface area contributed by atoms with Crippen LogP contribution in [0.1, 0.15) is 24.4 Å². The molecule has 3 aromatic rings. The maximum atomic E-state index is 12.8. The molecule has 1 atom stereocenters. The van der Waals surface area contributed by atoms with E-state index in [9.17, 15) is 18.0 Å². The molecule has 0 bridgehead atoms. The zero-order valence-corrected chi connectivity index (χ0v) is 18.0. The molecule has 0 saturated carbocycles. The highest BCUT2D eigenvalue weighted by molar-refractivity contribution is 7.99. The van der Waals surface area contributed by atoms with Gasteiger partial charge < -0.3 is 10.1 Å². The monoisotopic (exact) mass is 462 g/mol. The van der Waals surface area contributed by atoms with Crippen molar-refractivity contribution in [2.24, 2.45) is 0 Å². The highest BCUT2D eigenvalue weighted by Crippen LogP contribution is 2.31. The summed E-state index contributed by atoms with van der Waals surface area (Å²) in [5.74, 6) is 0.731. The minimum atomic E-state index is -4.48. The lowest BCUT2D eigenvalue weighted by Crippen LogP contribution is -2.16. The van der Waals surface area contributed by atoms with Crippen molar-refractivity contribution in [1.82, 2.24) is 14.8 Å². The van der Waals surface area contributed by atoms with Crippen molar-refractivity contribution in [3.63, 3.8) is 0 Å². The van der Waals surface area contributed by atoms with E-state index in [1.165, 1.54) is 12.1 Å². The molecule has 0 aliphatic rings. The number of halogens is 3. The molecule has 1 aromatic heterocycles. The molecule has 0 fully saturated rings. The summed E-state index contributed by atoms with van der Waals surface area (Å²) in [6, 6.07) is 13.8. The third kappa shape index (κ3) is 6.13. The number of hydrogen-bond donors (Lipinski definition) is 1. The molecule has 1 N–H and O–H groups in total. The first-order valence-corrected chi connectivity index (χ1v) is 10.6. The van der Waals surface area contributed by atoms with Crippen LogP contribution in [0.15, 0.2) is 72.4 Å². The van der Waals surface area contributed by atoms with Crippen LogP contribution in [-0.4, -0.2) is 26.4 Å². The van der Waals surface area contributed by atoms with Crippen molar-refractivity contribution in [3.05, 3.63) is 78.6 Å². The van der Waals surface area contributed by atoms with Gasteiger partial charge in [0.25, 0.3) is 0 Å². The van der Waals surface area contributed by atoms with Crippen LogP contribution in [0.5, 0.6) is 5.75 Å². The van der Waals surface area contributed by atoms with Crippen LogP contribution >= 0.6 is 11.8 Å². The first kappa shape index (κ1) is 23.4. The van der Waals surface area contributed by atoms with Crippen molar-refractivity contribution in [1.29, 1.82) is 0 Å². The minimum Gasteiger partial charge on any atom is -0.483 e. The number of benzene rings is 2. The first-order valence-electron chi connectivity index (χ1n) is 9.63. The predicted molar refractivity (Wildman–Crippen MR) is 117 cm³/mol. The Kier molecular flexibility index (Phi) is 7.57. The lowest BCUT2D eigenvalue weighted by atomic mass is 10.2.